The average Bonchev–Trinajstić information content (AvgIpc) is 2.27. The fraction of sp³-hybridized carbons (Fsp3) is 0. The SMILES string of the molecule is O=C1[CH]c2ccc(Cl)nc2N1. The third kappa shape index (κ3) is 1.07. The summed E-state index contributed by atoms with van der Waals surface area (Å²) in [5.74, 6) is 0.400. The van der Waals surface area contributed by atoms with Crippen LogP contribution >= 0.6 is 11.6 Å². The highest BCUT2D eigenvalue weighted by Crippen LogP contribution is 2.23. The number of anilines is 1. The van der Waals surface area contributed by atoms with E-state index in [2.05, 4.69) is 10.3 Å². The molecule has 55 valence electrons. The maximum absolute atomic E-state index is 10.8. The molecule has 11 heavy (non-hydrogen) atoms. The van der Waals surface area contributed by atoms with Gasteiger partial charge in [0.25, 0.3) is 0 Å². The Kier molecular flexibility index (Phi) is 1.32. The molecule has 1 aliphatic heterocycles. The first-order valence-corrected chi connectivity index (χ1v) is 3.46. The second-order valence-corrected chi connectivity index (χ2v) is 2.59. The van der Waals surface area contributed by atoms with Gasteiger partial charge in [-0.25, -0.2) is 4.98 Å². The van der Waals surface area contributed by atoms with E-state index < -0.39 is 0 Å². The summed E-state index contributed by atoms with van der Waals surface area (Å²) >= 11 is 5.59. The predicted octanol–water partition coefficient (Wildman–Crippen LogP) is 1.24. The maximum Gasteiger partial charge on any atom is 0.234 e. The molecule has 1 aromatic heterocycles. The Hall–Kier alpha value is -1.09. The van der Waals surface area contributed by atoms with Crippen LogP contribution in [0.5, 0.6) is 0 Å². The lowest BCUT2D eigenvalue weighted by Crippen LogP contribution is -2.02. The molecule has 0 unspecified atom stereocenters. The molecule has 1 N–H and O–H groups in total. The van der Waals surface area contributed by atoms with Crippen LogP contribution in [0.1, 0.15) is 5.56 Å². The maximum atomic E-state index is 10.8. The van der Waals surface area contributed by atoms with Gasteiger partial charge in [0.15, 0.2) is 0 Å². The molecule has 0 aromatic carbocycles. The number of nitrogens with zero attached hydrogens (tertiary/aromatic N) is 1. The van der Waals surface area contributed by atoms with Crippen molar-refractivity contribution in [3.63, 3.8) is 0 Å². The number of hydrogen-bond acceptors (Lipinski definition) is 2. The molecule has 0 fully saturated rings. The number of hydrogen-bond donors (Lipinski definition) is 1. The Balaban J connectivity index is 2.51. The number of carbonyl (C=O) groups excluding carboxylic acids is 1. The Labute approximate surface area is 68.4 Å². The van der Waals surface area contributed by atoms with Gasteiger partial charge in [-0.15, -0.1) is 0 Å². The quantitative estimate of drug-likeness (QED) is 0.591. The van der Waals surface area contributed by atoms with E-state index in [-0.39, 0.29) is 5.91 Å². The highest BCUT2D eigenvalue weighted by Gasteiger charge is 2.18. The monoisotopic (exact) mass is 167 g/mol. The second-order valence-electron chi connectivity index (χ2n) is 2.21. The minimum atomic E-state index is -0.144. The number of halogens is 1. The van der Waals surface area contributed by atoms with Gasteiger partial charge in [-0.05, 0) is 6.07 Å². The molecule has 2 heterocycles. The van der Waals surface area contributed by atoms with Crippen molar-refractivity contribution in [2.45, 2.75) is 0 Å². The third-order valence-corrected chi connectivity index (χ3v) is 1.63. The Bertz CT molecular complexity index is 324. The smallest absolute Gasteiger partial charge is 0.234 e. The predicted molar refractivity (Wildman–Crippen MR) is 41.3 cm³/mol. The average molecular weight is 168 g/mol. The van der Waals surface area contributed by atoms with Crippen LogP contribution in [-0.2, 0) is 4.79 Å². The van der Waals surface area contributed by atoms with Crippen molar-refractivity contribution in [1.82, 2.24) is 4.98 Å². The molecule has 0 bridgehead atoms. The summed E-state index contributed by atoms with van der Waals surface area (Å²) in [6.45, 7) is 0. The first-order chi connectivity index (χ1) is 5.25. The molecule has 0 spiro atoms. The zero-order valence-corrected chi connectivity index (χ0v) is 6.22. The van der Waals surface area contributed by atoms with Gasteiger partial charge < -0.3 is 5.32 Å². The largest absolute Gasteiger partial charge is 0.310 e. The molecular formula is C7H4ClN2O. The number of rotatable bonds is 0. The number of pyridine rings is 1. The number of aromatic nitrogens is 1. The summed E-state index contributed by atoms with van der Waals surface area (Å²) < 4.78 is 0. The molecule has 1 aliphatic rings. The number of nitrogens with one attached hydrogen (secondary N) is 1. The number of amides is 1. The van der Waals surface area contributed by atoms with Crippen LogP contribution in [0.25, 0.3) is 0 Å². The summed E-state index contributed by atoms with van der Waals surface area (Å²) in [5.41, 5.74) is 0.791. The van der Waals surface area contributed by atoms with Crippen LogP contribution in [0.2, 0.25) is 5.15 Å². The van der Waals surface area contributed by atoms with Gasteiger partial charge in [0, 0.05) is 5.56 Å². The van der Waals surface area contributed by atoms with Crippen molar-refractivity contribution in [2.75, 3.05) is 5.32 Å². The minimum absolute atomic E-state index is 0.144. The van der Waals surface area contributed by atoms with E-state index in [4.69, 9.17) is 11.6 Å². The van der Waals surface area contributed by atoms with Crippen LogP contribution in [0, 0.1) is 6.42 Å². The van der Waals surface area contributed by atoms with Crippen molar-refractivity contribution < 1.29 is 4.79 Å². The zero-order valence-electron chi connectivity index (χ0n) is 5.47. The standard InChI is InChI=1S/C7H4ClN2O/c8-5-2-1-4-3-6(11)10-7(4)9-5/h1-3H,(H,9,10,11). The molecule has 0 atom stereocenters. The van der Waals surface area contributed by atoms with Crippen LogP contribution < -0.4 is 5.32 Å². The first-order valence-electron chi connectivity index (χ1n) is 3.08. The topological polar surface area (TPSA) is 42.0 Å². The Morgan fingerprint density at radius 1 is 1.45 bits per heavy atom. The van der Waals surface area contributed by atoms with Crippen LogP contribution in [0.3, 0.4) is 0 Å². The van der Waals surface area contributed by atoms with Crippen LogP contribution in [-0.4, -0.2) is 10.9 Å². The van der Waals surface area contributed by atoms with E-state index in [9.17, 15) is 4.79 Å². The molecule has 0 aliphatic carbocycles. The minimum Gasteiger partial charge on any atom is -0.310 e. The van der Waals surface area contributed by atoms with Crippen molar-refractivity contribution in [3.8, 4) is 0 Å². The number of fused-ring (bicyclic) bond motifs is 1. The van der Waals surface area contributed by atoms with E-state index in [1.807, 2.05) is 0 Å². The summed E-state index contributed by atoms with van der Waals surface area (Å²) in [6, 6.07) is 3.40. The zero-order chi connectivity index (χ0) is 7.84. The van der Waals surface area contributed by atoms with Crippen LogP contribution in [0.4, 0.5) is 5.82 Å². The van der Waals surface area contributed by atoms with E-state index in [1.54, 1.807) is 12.1 Å². The lowest BCUT2D eigenvalue weighted by molar-refractivity contribution is -0.112. The summed E-state index contributed by atoms with van der Waals surface area (Å²) in [4.78, 5) is 14.7. The van der Waals surface area contributed by atoms with E-state index in [1.165, 1.54) is 6.42 Å². The molecule has 0 saturated carbocycles. The Morgan fingerprint density at radius 3 is 3.09 bits per heavy atom. The molecule has 1 aromatic rings. The van der Waals surface area contributed by atoms with Crippen LogP contribution in [0.15, 0.2) is 12.1 Å². The van der Waals surface area contributed by atoms with Gasteiger partial charge >= 0.3 is 0 Å². The van der Waals surface area contributed by atoms with Gasteiger partial charge in [0.05, 0.1) is 6.42 Å². The van der Waals surface area contributed by atoms with Crippen molar-refractivity contribution >= 4 is 23.3 Å². The lowest BCUT2D eigenvalue weighted by Gasteiger charge is -1.95. The van der Waals surface area contributed by atoms with Gasteiger partial charge in [-0.2, -0.15) is 0 Å². The van der Waals surface area contributed by atoms with Gasteiger partial charge in [-0.3, -0.25) is 4.79 Å². The normalized spacial score (nSPS) is 14.5. The van der Waals surface area contributed by atoms with Crippen molar-refractivity contribution in [3.05, 3.63) is 29.3 Å². The molecule has 0 saturated heterocycles. The lowest BCUT2D eigenvalue weighted by atomic mass is 10.2. The second kappa shape index (κ2) is 2.20. The molecule has 2 rings (SSSR count). The summed E-state index contributed by atoms with van der Waals surface area (Å²) in [7, 11) is 0. The highest BCUT2D eigenvalue weighted by atomic mass is 35.5. The van der Waals surface area contributed by atoms with Gasteiger partial charge in [0.1, 0.15) is 11.0 Å². The molecule has 4 heteroatoms. The summed E-state index contributed by atoms with van der Waals surface area (Å²) in [5, 5.41) is 2.94. The van der Waals surface area contributed by atoms with Crippen molar-refractivity contribution in [2.24, 2.45) is 0 Å². The molecular weight excluding hydrogens is 164 g/mol. The number of carbonyl (C=O) groups is 1. The van der Waals surface area contributed by atoms with E-state index >= 15 is 0 Å². The van der Waals surface area contributed by atoms with E-state index in [0.29, 0.717) is 11.0 Å². The molecule has 1 radical (unpaired) electrons. The summed E-state index contributed by atoms with van der Waals surface area (Å²) in [6.07, 6.45) is 1.48. The first kappa shape index (κ1) is 6.61. The fourth-order valence-electron chi connectivity index (χ4n) is 0.957. The fourth-order valence-corrected chi connectivity index (χ4v) is 1.10. The molecule has 1 amide bonds. The third-order valence-electron chi connectivity index (χ3n) is 1.42. The van der Waals surface area contributed by atoms with Gasteiger partial charge in [-0.1, -0.05) is 17.7 Å². The van der Waals surface area contributed by atoms with Crippen molar-refractivity contribution in [1.29, 1.82) is 0 Å². The molecule has 3 nitrogen and oxygen atoms in total. The highest BCUT2D eigenvalue weighted by molar-refractivity contribution is 6.29. The van der Waals surface area contributed by atoms with E-state index in [0.717, 1.165) is 5.56 Å². The van der Waals surface area contributed by atoms with Gasteiger partial charge in [0.2, 0.25) is 5.91 Å². The Morgan fingerprint density at radius 2 is 2.27 bits per heavy atom.